The number of hydrogen-bond acceptors (Lipinski definition) is 2. The molecule has 0 saturated heterocycles. The Morgan fingerprint density at radius 2 is 2.00 bits per heavy atom. The summed E-state index contributed by atoms with van der Waals surface area (Å²) in [6, 6.07) is 5.79. The smallest absolute Gasteiger partial charge is 0.317 e. The highest BCUT2D eigenvalue weighted by Gasteiger charge is 2.10. The number of rotatable bonds is 5. The lowest BCUT2D eigenvalue weighted by atomic mass is 10.1. The second-order valence-corrected chi connectivity index (χ2v) is 4.65. The van der Waals surface area contributed by atoms with Gasteiger partial charge in [0.15, 0.2) is 0 Å². The van der Waals surface area contributed by atoms with Crippen LogP contribution in [0.25, 0.3) is 0 Å². The first kappa shape index (κ1) is 15.0. The third kappa shape index (κ3) is 4.99. The number of carbonyl (C=O) groups excluding carboxylic acids is 1. The fourth-order valence-electron chi connectivity index (χ4n) is 1.71. The lowest BCUT2D eigenvalue weighted by Crippen LogP contribution is -2.38. The second kappa shape index (κ2) is 6.78. The zero-order valence-corrected chi connectivity index (χ0v) is 11.6. The van der Waals surface area contributed by atoms with Crippen LogP contribution in [0.3, 0.4) is 0 Å². The van der Waals surface area contributed by atoms with Crippen LogP contribution in [0.15, 0.2) is 18.2 Å². The van der Waals surface area contributed by atoms with Crippen molar-refractivity contribution in [1.29, 1.82) is 0 Å². The Morgan fingerprint density at radius 3 is 2.58 bits per heavy atom. The van der Waals surface area contributed by atoms with Crippen LogP contribution in [0.4, 0.5) is 4.79 Å². The van der Waals surface area contributed by atoms with Crippen molar-refractivity contribution in [2.45, 2.75) is 26.8 Å². The average Bonchev–Trinajstić information content (AvgIpc) is 2.34. The second-order valence-electron chi connectivity index (χ2n) is 4.65. The Morgan fingerprint density at radius 1 is 1.32 bits per heavy atom. The van der Waals surface area contributed by atoms with E-state index in [1.807, 2.05) is 26.0 Å². The molecule has 1 aromatic rings. The molecule has 0 atom stereocenters. The molecule has 2 N–H and O–H groups in total. The summed E-state index contributed by atoms with van der Waals surface area (Å²) in [5.74, 6) is -0.908. The van der Waals surface area contributed by atoms with Crippen LogP contribution in [0.5, 0.6) is 0 Å². The first-order valence-electron chi connectivity index (χ1n) is 6.17. The lowest BCUT2D eigenvalue weighted by molar-refractivity contribution is -0.137. The fraction of sp³-hybridized carbons (Fsp3) is 0.429. The van der Waals surface area contributed by atoms with Gasteiger partial charge in [-0.15, -0.1) is 0 Å². The van der Waals surface area contributed by atoms with Crippen molar-refractivity contribution in [3.05, 3.63) is 34.9 Å². The van der Waals surface area contributed by atoms with Gasteiger partial charge in [-0.2, -0.15) is 0 Å². The summed E-state index contributed by atoms with van der Waals surface area (Å²) in [6.07, 6.45) is -0.0481. The summed E-state index contributed by atoms with van der Waals surface area (Å²) in [4.78, 5) is 23.5. The van der Waals surface area contributed by atoms with E-state index in [0.29, 0.717) is 6.54 Å². The fourth-order valence-corrected chi connectivity index (χ4v) is 1.71. The van der Waals surface area contributed by atoms with Gasteiger partial charge in [-0.1, -0.05) is 23.8 Å². The third-order valence-corrected chi connectivity index (χ3v) is 2.94. The van der Waals surface area contributed by atoms with Crippen LogP contribution >= 0.6 is 0 Å². The standard InChI is InChI=1S/C14H20N2O3/c1-10-4-5-12(11(2)8-10)9-15-14(19)16(3)7-6-13(17)18/h4-5,8H,6-7,9H2,1-3H3,(H,15,19)(H,17,18). The topological polar surface area (TPSA) is 69.6 Å². The maximum atomic E-state index is 11.7. The number of carboxylic acid groups (broad SMARTS) is 1. The molecule has 0 heterocycles. The van der Waals surface area contributed by atoms with Gasteiger partial charge in [-0.25, -0.2) is 4.79 Å². The van der Waals surface area contributed by atoms with Crippen molar-refractivity contribution in [2.75, 3.05) is 13.6 Å². The lowest BCUT2D eigenvalue weighted by Gasteiger charge is -2.17. The number of nitrogens with zero attached hydrogens (tertiary/aromatic N) is 1. The molecule has 0 bridgehead atoms. The normalized spacial score (nSPS) is 10.1. The zero-order chi connectivity index (χ0) is 14.4. The largest absolute Gasteiger partial charge is 0.481 e. The molecular formula is C14H20N2O3. The third-order valence-electron chi connectivity index (χ3n) is 2.94. The minimum Gasteiger partial charge on any atom is -0.481 e. The Balaban J connectivity index is 2.47. The van der Waals surface area contributed by atoms with Crippen LogP contribution in [-0.4, -0.2) is 35.6 Å². The Hall–Kier alpha value is -2.04. The van der Waals surface area contributed by atoms with Crippen LogP contribution in [0.2, 0.25) is 0 Å². The SMILES string of the molecule is Cc1ccc(CNC(=O)N(C)CCC(=O)O)c(C)c1. The van der Waals surface area contributed by atoms with Gasteiger partial charge in [0, 0.05) is 20.1 Å². The van der Waals surface area contributed by atoms with Gasteiger partial charge in [-0.05, 0) is 25.0 Å². The number of carbonyl (C=O) groups is 2. The van der Waals surface area contributed by atoms with E-state index in [2.05, 4.69) is 11.4 Å². The molecule has 0 aliphatic heterocycles. The highest BCUT2D eigenvalue weighted by atomic mass is 16.4. The number of aryl methyl sites for hydroxylation is 2. The number of hydrogen-bond donors (Lipinski definition) is 2. The zero-order valence-electron chi connectivity index (χ0n) is 11.6. The Bertz CT molecular complexity index is 472. The highest BCUT2D eigenvalue weighted by Crippen LogP contribution is 2.10. The number of urea groups is 1. The highest BCUT2D eigenvalue weighted by molar-refractivity contribution is 5.75. The molecule has 0 unspecified atom stereocenters. The van der Waals surface area contributed by atoms with E-state index < -0.39 is 5.97 Å². The van der Waals surface area contributed by atoms with Crippen molar-refractivity contribution in [3.8, 4) is 0 Å². The van der Waals surface area contributed by atoms with Crippen molar-refractivity contribution < 1.29 is 14.7 Å². The summed E-state index contributed by atoms with van der Waals surface area (Å²) in [5, 5.41) is 11.3. The van der Waals surface area contributed by atoms with Crippen molar-refractivity contribution in [3.63, 3.8) is 0 Å². The first-order valence-corrected chi connectivity index (χ1v) is 6.17. The minimum atomic E-state index is -0.908. The van der Waals surface area contributed by atoms with E-state index in [9.17, 15) is 9.59 Å². The Kier molecular flexibility index (Phi) is 5.36. The molecule has 5 heteroatoms. The molecule has 5 nitrogen and oxygen atoms in total. The van der Waals surface area contributed by atoms with Crippen molar-refractivity contribution >= 4 is 12.0 Å². The number of aliphatic carboxylic acids is 1. The van der Waals surface area contributed by atoms with Crippen molar-refractivity contribution in [1.82, 2.24) is 10.2 Å². The van der Waals surface area contributed by atoms with Crippen LogP contribution in [-0.2, 0) is 11.3 Å². The Labute approximate surface area is 113 Å². The molecule has 0 aromatic heterocycles. The number of carboxylic acids is 1. The molecule has 2 amide bonds. The molecule has 0 aliphatic rings. The van der Waals surface area contributed by atoms with E-state index in [1.54, 1.807) is 7.05 Å². The average molecular weight is 264 g/mol. The summed E-state index contributed by atoms with van der Waals surface area (Å²) < 4.78 is 0. The van der Waals surface area contributed by atoms with E-state index >= 15 is 0 Å². The van der Waals surface area contributed by atoms with E-state index in [1.165, 1.54) is 10.5 Å². The summed E-state index contributed by atoms with van der Waals surface area (Å²) >= 11 is 0. The maximum Gasteiger partial charge on any atom is 0.317 e. The molecule has 0 radical (unpaired) electrons. The van der Waals surface area contributed by atoms with Gasteiger partial charge < -0.3 is 15.3 Å². The molecular weight excluding hydrogens is 244 g/mol. The van der Waals surface area contributed by atoms with E-state index in [4.69, 9.17) is 5.11 Å². The number of amides is 2. The summed E-state index contributed by atoms with van der Waals surface area (Å²) in [7, 11) is 1.58. The number of nitrogens with one attached hydrogen (secondary N) is 1. The van der Waals surface area contributed by atoms with Gasteiger partial charge >= 0.3 is 12.0 Å². The van der Waals surface area contributed by atoms with Crippen molar-refractivity contribution in [2.24, 2.45) is 0 Å². The van der Waals surface area contributed by atoms with Gasteiger partial charge in [-0.3, -0.25) is 4.79 Å². The molecule has 19 heavy (non-hydrogen) atoms. The predicted molar refractivity (Wildman–Crippen MR) is 73.0 cm³/mol. The monoisotopic (exact) mass is 264 g/mol. The van der Waals surface area contributed by atoms with Crippen LogP contribution in [0, 0.1) is 13.8 Å². The summed E-state index contributed by atoms with van der Waals surface area (Å²) in [5.41, 5.74) is 3.38. The van der Waals surface area contributed by atoms with E-state index in [0.717, 1.165) is 11.1 Å². The molecule has 0 saturated carbocycles. The van der Waals surface area contributed by atoms with Gasteiger partial charge in [0.1, 0.15) is 0 Å². The molecule has 0 fully saturated rings. The van der Waals surface area contributed by atoms with E-state index in [-0.39, 0.29) is 19.0 Å². The minimum absolute atomic E-state index is 0.0481. The maximum absolute atomic E-state index is 11.7. The van der Waals surface area contributed by atoms with Crippen LogP contribution in [0.1, 0.15) is 23.1 Å². The molecule has 1 rings (SSSR count). The first-order chi connectivity index (χ1) is 8.90. The van der Waals surface area contributed by atoms with Gasteiger partial charge in [0.25, 0.3) is 0 Å². The van der Waals surface area contributed by atoms with Gasteiger partial charge in [0.05, 0.1) is 6.42 Å². The predicted octanol–water partition coefficient (Wildman–Crippen LogP) is 1.92. The molecule has 104 valence electrons. The number of benzene rings is 1. The summed E-state index contributed by atoms with van der Waals surface area (Å²) in [6.45, 7) is 4.67. The quantitative estimate of drug-likeness (QED) is 0.853. The molecule has 1 aromatic carbocycles. The van der Waals surface area contributed by atoms with Gasteiger partial charge in [0.2, 0.25) is 0 Å². The van der Waals surface area contributed by atoms with Crippen LogP contribution < -0.4 is 5.32 Å². The molecule has 0 aliphatic carbocycles. The molecule has 0 spiro atoms.